The first-order chi connectivity index (χ1) is 8.42. The van der Waals surface area contributed by atoms with Crippen molar-refractivity contribution in [2.24, 2.45) is 0 Å². The molecule has 0 saturated heterocycles. The molecule has 1 heterocycles. The van der Waals surface area contributed by atoms with Crippen LogP contribution in [0.5, 0.6) is 5.75 Å². The highest BCUT2D eigenvalue weighted by Gasteiger charge is 2.06. The second kappa shape index (κ2) is 6.70. The predicted molar refractivity (Wildman–Crippen MR) is 71.6 cm³/mol. The number of ether oxygens (including phenoxy) is 1. The van der Waals surface area contributed by atoms with Gasteiger partial charge in [0.25, 0.3) is 0 Å². The van der Waals surface area contributed by atoms with E-state index in [9.17, 15) is 8.42 Å². The second-order valence-electron chi connectivity index (χ2n) is 4.26. The standard InChI is InChI=1S/C12H20N2O3S/c1-10-5-6-12(11(14-10)9-13-2)17-7-4-8-18(3,15)16/h5-6,13H,4,7-9H2,1-3H3. The van der Waals surface area contributed by atoms with Gasteiger partial charge in [0.2, 0.25) is 0 Å². The molecule has 1 N–H and O–H groups in total. The molecule has 0 aliphatic heterocycles. The van der Waals surface area contributed by atoms with Crippen molar-refractivity contribution >= 4 is 9.84 Å². The summed E-state index contributed by atoms with van der Waals surface area (Å²) < 4.78 is 27.5. The molecule has 0 spiro atoms. The Morgan fingerprint density at radius 1 is 1.39 bits per heavy atom. The van der Waals surface area contributed by atoms with E-state index in [2.05, 4.69) is 10.3 Å². The fourth-order valence-corrected chi connectivity index (χ4v) is 2.17. The van der Waals surface area contributed by atoms with Gasteiger partial charge in [0.15, 0.2) is 0 Å². The van der Waals surface area contributed by atoms with Gasteiger partial charge in [-0.1, -0.05) is 0 Å². The maximum Gasteiger partial charge on any atom is 0.147 e. The Morgan fingerprint density at radius 2 is 2.11 bits per heavy atom. The molecular weight excluding hydrogens is 252 g/mol. The van der Waals surface area contributed by atoms with Gasteiger partial charge in [-0.3, -0.25) is 4.98 Å². The molecule has 0 aliphatic carbocycles. The number of sulfone groups is 1. The van der Waals surface area contributed by atoms with E-state index in [4.69, 9.17) is 4.74 Å². The van der Waals surface area contributed by atoms with E-state index in [1.54, 1.807) is 0 Å². The van der Waals surface area contributed by atoms with Crippen LogP contribution in [0.15, 0.2) is 12.1 Å². The molecule has 102 valence electrons. The van der Waals surface area contributed by atoms with E-state index in [1.165, 1.54) is 6.26 Å². The van der Waals surface area contributed by atoms with E-state index in [0.717, 1.165) is 11.4 Å². The van der Waals surface area contributed by atoms with E-state index < -0.39 is 9.84 Å². The lowest BCUT2D eigenvalue weighted by molar-refractivity contribution is 0.312. The first kappa shape index (κ1) is 14.9. The number of nitrogens with one attached hydrogen (secondary N) is 1. The van der Waals surface area contributed by atoms with Crippen LogP contribution in [0.2, 0.25) is 0 Å². The highest BCUT2D eigenvalue weighted by Crippen LogP contribution is 2.17. The summed E-state index contributed by atoms with van der Waals surface area (Å²) in [5.74, 6) is 0.858. The molecular formula is C12H20N2O3S. The van der Waals surface area contributed by atoms with E-state index in [-0.39, 0.29) is 5.75 Å². The summed E-state index contributed by atoms with van der Waals surface area (Å²) in [6.45, 7) is 2.93. The van der Waals surface area contributed by atoms with Crippen LogP contribution < -0.4 is 10.1 Å². The summed E-state index contributed by atoms with van der Waals surface area (Å²) in [4.78, 5) is 4.38. The molecule has 1 aromatic heterocycles. The zero-order valence-electron chi connectivity index (χ0n) is 11.1. The smallest absolute Gasteiger partial charge is 0.147 e. The molecule has 1 rings (SSSR count). The average molecular weight is 272 g/mol. The topological polar surface area (TPSA) is 68.3 Å². The zero-order chi connectivity index (χ0) is 13.6. The minimum atomic E-state index is -2.91. The number of aromatic nitrogens is 1. The van der Waals surface area contributed by atoms with E-state index >= 15 is 0 Å². The molecule has 5 nitrogen and oxygen atoms in total. The molecule has 0 saturated carbocycles. The number of rotatable bonds is 7. The van der Waals surface area contributed by atoms with Crippen LogP contribution in [0, 0.1) is 6.92 Å². The molecule has 6 heteroatoms. The Kier molecular flexibility index (Phi) is 5.55. The zero-order valence-corrected chi connectivity index (χ0v) is 11.9. The maximum absolute atomic E-state index is 11.0. The summed E-state index contributed by atoms with van der Waals surface area (Å²) in [6.07, 6.45) is 1.72. The third kappa shape index (κ3) is 5.46. The van der Waals surface area contributed by atoms with Crippen molar-refractivity contribution in [3.8, 4) is 5.75 Å². The Bertz CT molecular complexity index is 486. The van der Waals surface area contributed by atoms with Gasteiger partial charge >= 0.3 is 0 Å². The lowest BCUT2D eigenvalue weighted by Gasteiger charge is -2.11. The number of hydrogen-bond acceptors (Lipinski definition) is 5. The molecule has 0 radical (unpaired) electrons. The molecule has 0 atom stereocenters. The predicted octanol–water partition coefficient (Wildman–Crippen LogP) is 0.923. The highest BCUT2D eigenvalue weighted by atomic mass is 32.2. The Morgan fingerprint density at radius 3 is 2.72 bits per heavy atom. The third-order valence-corrected chi connectivity index (χ3v) is 3.36. The second-order valence-corrected chi connectivity index (χ2v) is 6.52. The van der Waals surface area contributed by atoms with Crippen LogP contribution >= 0.6 is 0 Å². The minimum absolute atomic E-state index is 0.146. The molecule has 1 aromatic rings. The normalized spacial score (nSPS) is 11.5. The molecule has 0 amide bonds. The van der Waals surface area contributed by atoms with E-state index in [0.29, 0.717) is 25.3 Å². The van der Waals surface area contributed by atoms with Gasteiger partial charge in [0.1, 0.15) is 15.6 Å². The molecule has 0 bridgehead atoms. The SMILES string of the molecule is CNCc1nc(C)ccc1OCCCS(C)(=O)=O. The minimum Gasteiger partial charge on any atom is -0.492 e. The molecule has 0 unspecified atom stereocenters. The van der Waals surface area contributed by atoms with Crippen molar-refractivity contribution in [3.63, 3.8) is 0 Å². The van der Waals surface area contributed by atoms with Gasteiger partial charge in [-0.25, -0.2) is 8.42 Å². The van der Waals surface area contributed by atoms with Gasteiger partial charge in [-0.15, -0.1) is 0 Å². The van der Waals surface area contributed by atoms with Crippen LogP contribution in [-0.4, -0.2) is 39.1 Å². The van der Waals surface area contributed by atoms with Gasteiger partial charge in [-0.2, -0.15) is 0 Å². The summed E-state index contributed by atoms with van der Waals surface area (Å²) in [5, 5.41) is 3.03. The Balaban J connectivity index is 2.56. The number of aryl methyl sites for hydroxylation is 1. The summed E-state index contributed by atoms with van der Waals surface area (Å²) >= 11 is 0. The van der Waals surface area contributed by atoms with Crippen molar-refractivity contribution in [2.45, 2.75) is 19.9 Å². The van der Waals surface area contributed by atoms with Gasteiger partial charge in [-0.05, 0) is 32.5 Å². The number of hydrogen-bond donors (Lipinski definition) is 1. The Labute approximate surface area is 108 Å². The summed E-state index contributed by atoms with van der Waals surface area (Å²) in [7, 11) is -1.07. The lowest BCUT2D eigenvalue weighted by Crippen LogP contribution is -2.12. The summed E-state index contributed by atoms with van der Waals surface area (Å²) in [6, 6.07) is 3.75. The first-order valence-electron chi connectivity index (χ1n) is 5.84. The molecule has 0 aromatic carbocycles. The highest BCUT2D eigenvalue weighted by molar-refractivity contribution is 7.90. The fraction of sp³-hybridized carbons (Fsp3) is 0.583. The number of nitrogens with zero attached hydrogens (tertiary/aromatic N) is 1. The van der Waals surface area contributed by atoms with Crippen LogP contribution in [-0.2, 0) is 16.4 Å². The van der Waals surface area contributed by atoms with Crippen molar-refractivity contribution in [1.29, 1.82) is 0 Å². The summed E-state index contributed by atoms with van der Waals surface area (Å²) in [5.41, 5.74) is 1.78. The van der Waals surface area contributed by atoms with Crippen molar-refractivity contribution in [1.82, 2.24) is 10.3 Å². The fourth-order valence-electron chi connectivity index (χ4n) is 1.53. The largest absolute Gasteiger partial charge is 0.492 e. The van der Waals surface area contributed by atoms with Crippen LogP contribution in [0.3, 0.4) is 0 Å². The average Bonchev–Trinajstić information content (AvgIpc) is 2.26. The monoisotopic (exact) mass is 272 g/mol. The first-order valence-corrected chi connectivity index (χ1v) is 7.90. The van der Waals surface area contributed by atoms with Gasteiger partial charge < -0.3 is 10.1 Å². The van der Waals surface area contributed by atoms with Gasteiger partial charge in [0.05, 0.1) is 18.1 Å². The van der Waals surface area contributed by atoms with E-state index in [1.807, 2.05) is 26.1 Å². The van der Waals surface area contributed by atoms with Crippen molar-refractivity contribution in [2.75, 3.05) is 25.7 Å². The quantitative estimate of drug-likeness (QED) is 0.748. The Hall–Kier alpha value is -1.14. The number of pyridine rings is 1. The molecule has 0 fully saturated rings. The van der Waals surface area contributed by atoms with Gasteiger partial charge in [0, 0.05) is 18.5 Å². The van der Waals surface area contributed by atoms with Crippen molar-refractivity contribution < 1.29 is 13.2 Å². The van der Waals surface area contributed by atoms with Crippen LogP contribution in [0.1, 0.15) is 17.8 Å². The van der Waals surface area contributed by atoms with Crippen LogP contribution in [0.4, 0.5) is 0 Å². The molecule has 0 aliphatic rings. The molecule has 18 heavy (non-hydrogen) atoms. The maximum atomic E-state index is 11.0. The van der Waals surface area contributed by atoms with Crippen molar-refractivity contribution in [3.05, 3.63) is 23.5 Å². The third-order valence-electron chi connectivity index (χ3n) is 2.33. The lowest BCUT2D eigenvalue weighted by atomic mass is 10.3. The van der Waals surface area contributed by atoms with Crippen LogP contribution in [0.25, 0.3) is 0 Å².